The van der Waals surface area contributed by atoms with E-state index in [1.165, 1.54) is 6.26 Å². The van der Waals surface area contributed by atoms with Gasteiger partial charge in [0.25, 0.3) is 5.91 Å². The number of benzene rings is 1. The monoisotopic (exact) mass is 354 g/mol. The molecule has 0 radical (unpaired) electrons. The standard InChI is InChI=1S/C20H22N2O4/c1-12(2)18(22-19(23)16-9-6-10-25-16)20(24)21-13(3)17-11-14-7-4-5-8-15(14)26-17/h4-13,18H,1-3H3,(H,21,24)(H,22,23)/t13?,18-/m1/s1. The van der Waals surface area contributed by atoms with Gasteiger partial charge in [0, 0.05) is 5.39 Å². The Bertz CT molecular complexity index is 863. The Balaban J connectivity index is 1.69. The largest absolute Gasteiger partial charge is 0.459 e. The van der Waals surface area contributed by atoms with Gasteiger partial charge in [0.05, 0.1) is 12.3 Å². The number of hydrogen-bond acceptors (Lipinski definition) is 4. The summed E-state index contributed by atoms with van der Waals surface area (Å²) in [6, 6.07) is 11.8. The van der Waals surface area contributed by atoms with Crippen LogP contribution in [0.15, 0.2) is 57.6 Å². The van der Waals surface area contributed by atoms with Crippen molar-refractivity contribution in [3.8, 4) is 0 Å². The molecular weight excluding hydrogens is 332 g/mol. The fraction of sp³-hybridized carbons (Fsp3) is 0.300. The Morgan fingerprint density at radius 3 is 2.42 bits per heavy atom. The molecule has 2 aromatic heterocycles. The van der Waals surface area contributed by atoms with Gasteiger partial charge in [-0.3, -0.25) is 9.59 Å². The zero-order chi connectivity index (χ0) is 18.7. The summed E-state index contributed by atoms with van der Waals surface area (Å²) in [5.74, 6) is 0.0677. The van der Waals surface area contributed by atoms with Crippen LogP contribution in [0, 0.1) is 5.92 Å². The number of amides is 2. The predicted octanol–water partition coefficient (Wildman–Crippen LogP) is 3.66. The lowest BCUT2D eigenvalue weighted by atomic mass is 10.0. The first-order valence-electron chi connectivity index (χ1n) is 8.59. The molecule has 26 heavy (non-hydrogen) atoms. The van der Waals surface area contributed by atoms with Crippen LogP contribution in [0.3, 0.4) is 0 Å². The van der Waals surface area contributed by atoms with Crippen molar-refractivity contribution >= 4 is 22.8 Å². The summed E-state index contributed by atoms with van der Waals surface area (Å²) in [5.41, 5.74) is 0.773. The Labute approximate surface area is 151 Å². The minimum absolute atomic E-state index is 0.0863. The lowest BCUT2D eigenvalue weighted by Gasteiger charge is -2.23. The van der Waals surface area contributed by atoms with Gasteiger partial charge in [-0.15, -0.1) is 0 Å². The zero-order valence-electron chi connectivity index (χ0n) is 15.0. The third-order valence-corrected chi connectivity index (χ3v) is 4.21. The zero-order valence-corrected chi connectivity index (χ0v) is 15.0. The quantitative estimate of drug-likeness (QED) is 0.707. The predicted molar refractivity (Wildman–Crippen MR) is 97.6 cm³/mol. The van der Waals surface area contributed by atoms with Gasteiger partial charge in [-0.05, 0) is 37.1 Å². The third kappa shape index (κ3) is 3.79. The average Bonchev–Trinajstić information content (AvgIpc) is 3.28. The Hall–Kier alpha value is -3.02. The van der Waals surface area contributed by atoms with Gasteiger partial charge in [-0.25, -0.2) is 0 Å². The number of para-hydroxylation sites is 1. The van der Waals surface area contributed by atoms with Gasteiger partial charge in [-0.2, -0.15) is 0 Å². The van der Waals surface area contributed by atoms with Gasteiger partial charge in [0.15, 0.2) is 5.76 Å². The highest BCUT2D eigenvalue weighted by Gasteiger charge is 2.27. The average molecular weight is 354 g/mol. The topological polar surface area (TPSA) is 84.5 Å². The molecule has 1 aromatic carbocycles. The summed E-state index contributed by atoms with van der Waals surface area (Å²) >= 11 is 0. The van der Waals surface area contributed by atoms with Crippen molar-refractivity contribution in [3.63, 3.8) is 0 Å². The molecule has 136 valence electrons. The van der Waals surface area contributed by atoms with Gasteiger partial charge < -0.3 is 19.5 Å². The van der Waals surface area contributed by atoms with E-state index in [1.807, 2.05) is 51.1 Å². The Morgan fingerprint density at radius 1 is 1.00 bits per heavy atom. The molecule has 0 aliphatic carbocycles. The van der Waals surface area contributed by atoms with Crippen LogP contribution in [0.25, 0.3) is 11.0 Å². The molecule has 0 bridgehead atoms. The number of carbonyl (C=O) groups excluding carboxylic acids is 2. The molecule has 0 fully saturated rings. The number of hydrogen-bond donors (Lipinski definition) is 2. The first-order chi connectivity index (χ1) is 12.5. The summed E-state index contributed by atoms with van der Waals surface area (Å²) in [7, 11) is 0. The van der Waals surface area contributed by atoms with E-state index >= 15 is 0 Å². The molecule has 6 heteroatoms. The Kier molecular flexibility index (Phi) is 5.11. The summed E-state index contributed by atoms with van der Waals surface area (Å²) < 4.78 is 10.9. The molecule has 1 unspecified atom stereocenters. The number of carbonyl (C=O) groups is 2. The second-order valence-electron chi connectivity index (χ2n) is 6.59. The summed E-state index contributed by atoms with van der Waals surface area (Å²) in [6.45, 7) is 5.60. The normalized spacial score (nSPS) is 13.5. The smallest absolute Gasteiger partial charge is 0.287 e. The molecular formula is C20H22N2O4. The highest BCUT2D eigenvalue weighted by atomic mass is 16.3. The first kappa shape index (κ1) is 17.8. The van der Waals surface area contributed by atoms with Crippen LogP contribution >= 0.6 is 0 Å². The van der Waals surface area contributed by atoms with Crippen molar-refractivity contribution in [3.05, 3.63) is 60.2 Å². The SMILES string of the molecule is CC(NC(=O)[C@H](NC(=O)c1ccco1)C(C)C)c1cc2ccccc2o1. The van der Waals surface area contributed by atoms with E-state index in [4.69, 9.17) is 8.83 Å². The second kappa shape index (κ2) is 7.47. The van der Waals surface area contributed by atoms with E-state index in [0.717, 1.165) is 11.0 Å². The van der Waals surface area contributed by atoms with Crippen molar-refractivity contribution in [2.75, 3.05) is 0 Å². The molecule has 2 heterocycles. The maximum Gasteiger partial charge on any atom is 0.287 e. The molecule has 2 atom stereocenters. The van der Waals surface area contributed by atoms with Gasteiger partial charge in [0.1, 0.15) is 17.4 Å². The van der Waals surface area contributed by atoms with Crippen LogP contribution in [0.4, 0.5) is 0 Å². The van der Waals surface area contributed by atoms with Crippen molar-refractivity contribution in [1.82, 2.24) is 10.6 Å². The Morgan fingerprint density at radius 2 is 1.77 bits per heavy atom. The van der Waals surface area contributed by atoms with Crippen molar-refractivity contribution in [1.29, 1.82) is 0 Å². The highest BCUT2D eigenvalue weighted by molar-refractivity contribution is 5.95. The van der Waals surface area contributed by atoms with Crippen LogP contribution in [0.1, 0.15) is 43.1 Å². The van der Waals surface area contributed by atoms with E-state index in [1.54, 1.807) is 12.1 Å². The van der Waals surface area contributed by atoms with Crippen LogP contribution in [0.5, 0.6) is 0 Å². The lowest BCUT2D eigenvalue weighted by molar-refractivity contribution is -0.124. The molecule has 6 nitrogen and oxygen atoms in total. The van der Waals surface area contributed by atoms with E-state index in [-0.39, 0.29) is 23.6 Å². The number of rotatable bonds is 6. The van der Waals surface area contributed by atoms with Gasteiger partial charge in [-0.1, -0.05) is 32.0 Å². The van der Waals surface area contributed by atoms with Crippen LogP contribution < -0.4 is 10.6 Å². The summed E-state index contributed by atoms with van der Waals surface area (Å²) in [4.78, 5) is 24.9. The molecule has 0 saturated carbocycles. The third-order valence-electron chi connectivity index (χ3n) is 4.21. The molecule has 0 spiro atoms. The molecule has 0 aliphatic rings. The highest BCUT2D eigenvalue weighted by Crippen LogP contribution is 2.23. The number of nitrogens with one attached hydrogen (secondary N) is 2. The molecule has 3 rings (SSSR count). The fourth-order valence-corrected chi connectivity index (χ4v) is 2.75. The molecule has 0 saturated heterocycles. The first-order valence-corrected chi connectivity index (χ1v) is 8.59. The van der Waals surface area contributed by atoms with Crippen molar-refractivity contribution in [2.24, 2.45) is 5.92 Å². The van der Waals surface area contributed by atoms with Crippen LogP contribution in [-0.4, -0.2) is 17.9 Å². The van der Waals surface area contributed by atoms with E-state index in [0.29, 0.717) is 5.76 Å². The van der Waals surface area contributed by atoms with Gasteiger partial charge >= 0.3 is 0 Å². The van der Waals surface area contributed by atoms with Crippen LogP contribution in [0.2, 0.25) is 0 Å². The maximum absolute atomic E-state index is 12.7. The molecule has 2 amide bonds. The fourth-order valence-electron chi connectivity index (χ4n) is 2.75. The molecule has 2 N–H and O–H groups in total. The molecule has 3 aromatic rings. The maximum atomic E-state index is 12.7. The molecule has 0 aliphatic heterocycles. The minimum Gasteiger partial charge on any atom is -0.459 e. The van der Waals surface area contributed by atoms with Crippen molar-refractivity contribution < 1.29 is 18.4 Å². The van der Waals surface area contributed by atoms with E-state index in [2.05, 4.69) is 10.6 Å². The van der Waals surface area contributed by atoms with Crippen LogP contribution in [-0.2, 0) is 4.79 Å². The second-order valence-corrected chi connectivity index (χ2v) is 6.59. The van der Waals surface area contributed by atoms with Crippen molar-refractivity contribution in [2.45, 2.75) is 32.9 Å². The van der Waals surface area contributed by atoms with E-state index < -0.39 is 11.9 Å². The number of fused-ring (bicyclic) bond motifs is 1. The minimum atomic E-state index is -0.681. The lowest BCUT2D eigenvalue weighted by Crippen LogP contribution is -2.50. The number of furan rings is 2. The van der Waals surface area contributed by atoms with Gasteiger partial charge in [0.2, 0.25) is 5.91 Å². The van der Waals surface area contributed by atoms with E-state index in [9.17, 15) is 9.59 Å². The summed E-state index contributed by atoms with van der Waals surface area (Å²) in [6.07, 6.45) is 1.42. The summed E-state index contributed by atoms with van der Waals surface area (Å²) in [5, 5.41) is 6.62.